The Labute approximate surface area is 122 Å². The van der Waals surface area contributed by atoms with Gasteiger partial charge in [-0.2, -0.15) is 0 Å². The first kappa shape index (κ1) is 15.5. The molecule has 1 saturated carbocycles. The molecule has 0 radical (unpaired) electrons. The summed E-state index contributed by atoms with van der Waals surface area (Å²) in [7, 11) is -3.84. The van der Waals surface area contributed by atoms with Crippen molar-refractivity contribution in [1.29, 1.82) is 0 Å². The predicted octanol–water partition coefficient (Wildman–Crippen LogP) is 0.614. The molecule has 1 atom stereocenters. The minimum Gasteiger partial charge on any atom is -0.452 e. The second-order valence-electron chi connectivity index (χ2n) is 4.92. The Morgan fingerprint density at radius 2 is 2.05 bits per heavy atom. The van der Waals surface area contributed by atoms with E-state index in [9.17, 15) is 18.0 Å². The average molecular weight is 312 g/mol. The zero-order valence-corrected chi connectivity index (χ0v) is 12.2. The molecule has 3 N–H and O–H groups in total. The predicted molar refractivity (Wildman–Crippen MR) is 74.7 cm³/mol. The molecule has 0 aliphatic heterocycles. The highest BCUT2D eigenvalue weighted by atomic mass is 32.2. The van der Waals surface area contributed by atoms with Crippen LogP contribution >= 0.6 is 0 Å². The summed E-state index contributed by atoms with van der Waals surface area (Å²) in [5.74, 6) is -1.00. The van der Waals surface area contributed by atoms with Crippen molar-refractivity contribution in [1.82, 2.24) is 0 Å². The third-order valence-corrected chi connectivity index (χ3v) is 3.91. The van der Waals surface area contributed by atoms with Gasteiger partial charge < -0.3 is 10.1 Å². The van der Waals surface area contributed by atoms with Gasteiger partial charge in [-0.1, -0.05) is 6.07 Å². The number of sulfonamides is 1. The van der Waals surface area contributed by atoms with Crippen LogP contribution in [0.5, 0.6) is 0 Å². The first-order valence-corrected chi connectivity index (χ1v) is 7.96. The molecule has 0 bridgehead atoms. The third kappa shape index (κ3) is 4.27. The van der Waals surface area contributed by atoms with Gasteiger partial charge in [0.1, 0.15) is 0 Å². The van der Waals surface area contributed by atoms with Gasteiger partial charge in [-0.05, 0) is 38.0 Å². The minimum absolute atomic E-state index is 0.0917. The molecule has 114 valence electrons. The Balaban J connectivity index is 2.00. The number of rotatable bonds is 5. The van der Waals surface area contributed by atoms with E-state index in [0.717, 1.165) is 12.8 Å². The van der Waals surface area contributed by atoms with Crippen LogP contribution in [0.2, 0.25) is 0 Å². The minimum atomic E-state index is -3.84. The number of hydrogen-bond donors (Lipinski definition) is 2. The van der Waals surface area contributed by atoms with Gasteiger partial charge in [0, 0.05) is 5.69 Å². The molecule has 0 spiro atoms. The SMILES string of the molecule is C[C@@H](OC(=O)C1CC1)C(=O)Nc1cccc(S(N)(=O)=O)c1. The number of carbonyl (C=O) groups is 2. The summed E-state index contributed by atoms with van der Waals surface area (Å²) in [6.45, 7) is 1.46. The van der Waals surface area contributed by atoms with E-state index in [4.69, 9.17) is 9.88 Å². The van der Waals surface area contributed by atoms with Crippen LogP contribution in [0, 0.1) is 5.92 Å². The van der Waals surface area contributed by atoms with E-state index in [1.165, 1.54) is 31.2 Å². The molecule has 1 fully saturated rings. The van der Waals surface area contributed by atoms with Crippen LogP contribution in [0.25, 0.3) is 0 Å². The van der Waals surface area contributed by atoms with Gasteiger partial charge in [-0.15, -0.1) is 0 Å². The topological polar surface area (TPSA) is 116 Å². The highest BCUT2D eigenvalue weighted by molar-refractivity contribution is 7.89. The normalized spacial score (nSPS) is 16.1. The maximum Gasteiger partial charge on any atom is 0.309 e. The largest absolute Gasteiger partial charge is 0.452 e. The van der Waals surface area contributed by atoms with Gasteiger partial charge >= 0.3 is 5.97 Å². The summed E-state index contributed by atoms with van der Waals surface area (Å²) >= 11 is 0. The van der Waals surface area contributed by atoms with Gasteiger partial charge in [-0.3, -0.25) is 9.59 Å². The molecule has 1 amide bonds. The van der Waals surface area contributed by atoms with E-state index in [1.54, 1.807) is 0 Å². The number of amides is 1. The van der Waals surface area contributed by atoms with E-state index in [1.807, 2.05) is 0 Å². The van der Waals surface area contributed by atoms with E-state index in [-0.39, 0.29) is 22.5 Å². The highest BCUT2D eigenvalue weighted by Gasteiger charge is 2.33. The van der Waals surface area contributed by atoms with Crippen LogP contribution in [-0.4, -0.2) is 26.4 Å². The molecule has 1 aromatic carbocycles. The van der Waals surface area contributed by atoms with E-state index in [0.29, 0.717) is 0 Å². The van der Waals surface area contributed by atoms with Gasteiger partial charge in [0.25, 0.3) is 5.91 Å². The fraction of sp³-hybridized carbons (Fsp3) is 0.385. The summed E-state index contributed by atoms with van der Waals surface area (Å²) < 4.78 is 27.5. The lowest BCUT2D eigenvalue weighted by Crippen LogP contribution is -2.30. The summed E-state index contributed by atoms with van der Waals surface area (Å²) in [5.41, 5.74) is 0.265. The number of nitrogens with one attached hydrogen (secondary N) is 1. The quantitative estimate of drug-likeness (QED) is 0.773. The lowest BCUT2D eigenvalue weighted by molar-refractivity contribution is -0.154. The fourth-order valence-electron chi connectivity index (χ4n) is 1.64. The van der Waals surface area contributed by atoms with Crippen LogP contribution < -0.4 is 10.5 Å². The zero-order valence-electron chi connectivity index (χ0n) is 11.4. The van der Waals surface area contributed by atoms with Gasteiger partial charge in [0.2, 0.25) is 10.0 Å². The summed E-state index contributed by atoms with van der Waals surface area (Å²) in [6, 6.07) is 5.53. The Morgan fingerprint density at radius 3 is 2.62 bits per heavy atom. The smallest absolute Gasteiger partial charge is 0.309 e. The third-order valence-electron chi connectivity index (χ3n) is 3.00. The maximum absolute atomic E-state index is 11.9. The first-order chi connectivity index (χ1) is 9.77. The molecule has 0 unspecified atom stereocenters. The van der Waals surface area contributed by atoms with Gasteiger partial charge in [0.05, 0.1) is 10.8 Å². The molecular formula is C13H16N2O5S. The highest BCUT2D eigenvalue weighted by Crippen LogP contribution is 2.30. The second kappa shape index (κ2) is 5.82. The number of anilines is 1. The molecule has 1 aromatic rings. The monoisotopic (exact) mass is 312 g/mol. The number of primary sulfonamides is 1. The second-order valence-corrected chi connectivity index (χ2v) is 6.48. The molecule has 21 heavy (non-hydrogen) atoms. The van der Waals surface area contributed by atoms with Crippen molar-refractivity contribution in [3.8, 4) is 0 Å². The average Bonchev–Trinajstić information content (AvgIpc) is 3.22. The number of nitrogens with two attached hydrogens (primary N) is 1. The lowest BCUT2D eigenvalue weighted by atomic mass is 10.3. The van der Waals surface area contributed by atoms with E-state index in [2.05, 4.69) is 5.32 Å². The van der Waals surface area contributed by atoms with Crippen molar-refractivity contribution in [2.75, 3.05) is 5.32 Å². The number of ether oxygens (including phenoxy) is 1. The van der Waals surface area contributed by atoms with E-state index < -0.39 is 22.0 Å². The summed E-state index contributed by atoms with van der Waals surface area (Å²) in [5, 5.41) is 7.50. The summed E-state index contributed by atoms with van der Waals surface area (Å²) in [4.78, 5) is 23.2. The van der Waals surface area contributed by atoms with Crippen LogP contribution in [-0.2, 0) is 24.3 Å². The Bertz CT molecular complexity index is 667. The molecule has 8 heteroatoms. The molecule has 1 aliphatic rings. The molecule has 0 aromatic heterocycles. The maximum atomic E-state index is 11.9. The molecule has 0 heterocycles. The summed E-state index contributed by atoms with van der Waals surface area (Å²) in [6.07, 6.45) is 0.643. The van der Waals surface area contributed by atoms with Crippen LogP contribution in [0.4, 0.5) is 5.69 Å². The Hall–Kier alpha value is -1.93. The van der Waals surface area contributed by atoms with Crippen molar-refractivity contribution >= 4 is 27.6 Å². The van der Waals surface area contributed by atoms with Crippen molar-refractivity contribution in [2.24, 2.45) is 11.1 Å². The first-order valence-electron chi connectivity index (χ1n) is 6.41. The molecule has 0 saturated heterocycles. The van der Waals surface area contributed by atoms with Gasteiger partial charge in [-0.25, -0.2) is 13.6 Å². The number of esters is 1. The van der Waals surface area contributed by atoms with Crippen molar-refractivity contribution < 1.29 is 22.7 Å². The van der Waals surface area contributed by atoms with E-state index >= 15 is 0 Å². The van der Waals surface area contributed by atoms with Crippen LogP contribution in [0.15, 0.2) is 29.2 Å². The zero-order chi connectivity index (χ0) is 15.6. The van der Waals surface area contributed by atoms with Crippen molar-refractivity contribution in [2.45, 2.75) is 30.8 Å². The standard InChI is InChI=1S/C13H16N2O5S/c1-8(20-13(17)9-5-6-9)12(16)15-10-3-2-4-11(7-10)21(14,18)19/h2-4,7-9H,5-6H2,1H3,(H,15,16)(H2,14,18,19)/t8-/m1/s1. The Morgan fingerprint density at radius 1 is 1.38 bits per heavy atom. The number of hydrogen-bond acceptors (Lipinski definition) is 5. The number of carbonyl (C=O) groups excluding carboxylic acids is 2. The Kier molecular flexibility index (Phi) is 4.29. The van der Waals surface area contributed by atoms with Gasteiger partial charge in [0.15, 0.2) is 6.10 Å². The van der Waals surface area contributed by atoms with Crippen LogP contribution in [0.1, 0.15) is 19.8 Å². The molecule has 2 rings (SSSR count). The molecular weight excluding hydrogens is 296 g/mol. The van der Waals surface area contributed by atoms with Crippen molar-refractivity contribution in [3.63, 3.8) is 0 Å². The number of benzene rings is 1. The molecule has 1 aliphatic carbocycles. The van der Waals surface area contributed by atoms with Crippen molar-refractivity contribution in [3.05, 3.63) is 24.3 Å². The van der Waals surface area contributed by atoms with Crippen LogP contribution in [0.3, 0.4) is 0 Å². The molecule has 7 nitrogen and oxygen atoms in total. The lowest BCUT2D eigenvalue weighted by Gasteiger charge is -2.13. The fourth-order valence-corrected chi connectivity index (χ4v) is 2.20.